The summed E-state index contributed by atoms with van der Waals surface area (Å²) in [5.41, 5.74) is 5.11. The summed E-state index contributed by atoms with van der Waals surface area (Å²) in [6, 6.07) is 9.65. The smallest absolute Gasteiger partial charge is 0.166 e. The van der Waals surface area contributed by atoms with Gasteiger partial charge in [-0.15, -0.1) is 0 Å². The van der Waals surface area contributed by atoms with Gasteiger partial charge in [0.1, 0.15) is 11.3 Å². The molecule has 19 heavy (non-hydrogen) atoms. The fourth-order valence-corrected chi connectivity index (χ4v) is 2.02. The third-order valence-electron chi connectivity index (χ3n) is 2.91. The molecule has 2 aromatic heterocycles. The van der Waals surface area contributed by atoms with Crippen molar-refractivity contribution >= 4 is 11.3 Å². The van der Waals surface area contributed by atoms with Gasteiger partial charge >= 0.3 is 0 Å². The average Bonchev–Trinajstić information content (AvgIpc) is 2.90. The first-order chi connectivity index (χ1) is 9.33. The molecule has 0 bridgehead atoms. The third-order valence-corrected chi connectivity index (χ3v) is 2.91. The van der Waals surface area contributed by atoms with E-state index in [1.165, 1.54) is 0 Å². The molecule has 0 saturated heterocycles. The van der Waals surface area contributed by atoms with Crippen molar-refractivity contribution in [3.05, 3.63) is 42.7 Å². The lowest BCUT2D eigenvalue weighted by Crippen LogP contribution is -2.09. The second-order valence-corrected chi connectivity index (χ2v) is 3.98. The van der Waals surface area contributed by atoms with Crippen LogP contribution in [0.25, 0.3) is 16.8 Å². The number of benzene rings is 1. The fraction of sp³-hybridized carbons (Fsp3) is 0.0769. The molecule has 0 aliphatic heterocycles. The number of methoxy groups -OCH3 is 1. The number of hydrogen-bond donors (Lipinski definition) is 2. The van der Waals surface area contributed by atoms with E-state index in [4.69, 9.17) is 10.6 Å². The SMILES string of the molecule is COc1ccccc1-c1cc2c(NN)nccn2n1. The number of hydrogen-bond acceptors (Lipinski definition) is 5. The van der Waals surface area contributed by atoms with Crippen molar-refractivity contribution in [1.82, 2.24) is 14.6 Å². The largest absolute Gasteiger partial charge is 0.496 e. The van der Waals surface area contributed by atoms with Gasteiger partial charge in [0.25, 0.3) is 0 Å². The van der Waals surface area contributed by atoms with Gasteiger partial charge in [0, 0.05) is 18.0 Å². The Morgan fingerprint density at radius 2 is 2.16 bits per heavy atom. The van der Waals surface area contributed by atoms with Crippen LogP contribution in [0.4, 0.5) is 5.82 Å². The number of para-hydroxylation sites is 1. The van der Waals surface area contributed by atoms with E-state index < -0.39 is 0 Å². The highest BCUT2D eigenvalue weighted by molar-refractivity contribution is 5.76. The van der Waals surface area contributed by atoms with Crippen molar-refractivity contribution in [3.63, 3.8) is 0 Å². The summed E-state index contributed by atoms with van der Waals surface area (Å²) in [5, 5.41) is 4.50. The molecule has 6 nitrogen and oxygen atoms in total. The molecule has 0 atom stereocenters. The predicted octanol–water partition coefficient (Wildman–Crippen LogP) is 1.69. The first-order valence-corrected chi connectivity index (χ1v) is 5.78. The molecule has 0 radical (unpaired) electrons. The minimum atomic E-state index is 0.580. The van der Waals surface area contributed by atoms with Crippen LogP contribution in [0.3, 0.4) is 0 Å². The van der Waals surface area contributed by atoms with E-state index in [1.807, 2.05) is 30.3 Å². The second-order valence-electron chi connectivity index (χ2n) is 3.98. The monoisotopic (exact) mass is 255 g/mol. The summed E-state index contributed by atoms with van der Waals surface area (Å²) in [4.78, 5) is 4.15. The summed E-state index contributed by atoms with van der Waals surface area (Å²) in [5.74, 6) is 6.80. The average molecular weight is 255 g/mol. The molecule has 0 amide bonds. The van der Waals surface area contributed by atoms with Gasteiger partial charge in [0.2, 0.25) is 0 Å². The molecule has 0 spiro atoms. The molecule has 3 N–H and O–H groups in total. The lowest BCUT2D eigenvalue weighted by Gasteiger charge is -2.04. The number of nitrogens with two attached hydrogens (primary N) is 1. The number of nitrogens with zero attached hydrogens (tertiary/aromatic N) is 3. The number of aromatic nitrogens is 3. The topological polar surface area (TPSA) is 77.5 Å². The van der Waals surface area contributed by atoms with Crippen molar-refractivity contribution < 1.29 is 4.74 Å². The zero-order valence-electron chi connectivity index (χ0n) is 10.4. The van der Waals surface area contributed by atoms with Crippen LogP contribution in [-0.2, 0) is 0 Å². The van der Waals surface area contributed by atoms with Gasteiger partial charge in [-0.25, -0.2) is 15.3 Å². The molecule has 2 heterocycles. The minimum Gasteiger partial charge on any atom is -0.496 e. The van der Waals surface area contributed by atoms with Crippen LogP contribution in [0.1, 0.15) is 0 Å². The molecule has 0 aliphatic rings. The molecule has 3 rings (SSSR count). The molecule has 0 saturated carbocycles. The van der Waals surface area contributed by atoms with Gasteiger partial charge in [0.05, 0.1) is 12.8 Å². The van der Waals surface area contributed by atoms with Gasteiger partial charge in [-0.2, -0.15) is 5.10 Å². The highest BCUT2D eigenvalue weighted by Gasteiger charge is 2.11. The van der Waals surface area contributed by atoms with Crippen molar-refractivity contribution in [2.75, 3.05) is 12.5 Å². The van der Waals surface area contributed by atoms with Crippen LogP contribution in [0.2, 0.25) is 0 Å². The van der Waals surface area contributed by atoms with E-state index in [-0.39, 0.29) is 0 Å². The molecule has 3 aromatic rings. The van der Waals surface area contributed by atoms with Crippen molar-refractivity contribution in [3.8, 4) is 17.0 Å². The maximum atomic E-state index is 5.44. The van der Waals surface area contributed by atoms with Crippen molar-refractivity contribution in [1.29, 1.82) is 0 Å². The Morgan fingerprint density at radius 3 is 2.95 bits per heavy atom. The Labute approximate surface area is 109 Å². The van der Waals surface area contributed by atoms with E-state index in [0.29, 0.717) is 5.82 Å². The van der Waals surface area contributed by atoms with Crippen LogP contribution in [0.5, 0.6) is 5.75 Å². The number of nitrogens with one attached hydrogen (secondary N) is 1. The molecule has 0 fully saturated rings. The highest BCUT2D eigenvalue weighted by Crippen LogP contribution is 2.30. The molecule has 1 aromatic carbocycles. The Bertz CT molecular complexity index is 722. The van der Waals surface area contributed by atoms with Crippen molar-refractivity contribution in [2.45, 2.75) is 0 Å². The van der Waals surface area contributed by atoms with Gasteiger partial charge < -0.3 is 10.2 Å². The summed E-state index contributed by atoms with van der Waals surface area (Å²) in [6.07, 6.45) is 3.41. The highest BCUT2D eigenvalue weighted by atomic mass is 16.5. The molecule has 0 unspecified atom stereocenters. The summed E-state index contributed by atoms with van der Waals surface area (Å²) >= 11 is 0. The van der Waals surface area contributed by atoms with Crippen molar-refractivity contribution in [2.24, 2.45) is 5.84 Å². The van der Waals surface area contributed by atoms with Crippen LogP contribution in [-0.4, -0.2) is 21.7 Å². The van der Waals surface area contributed by atoms with Gasteiger partial charge in [-0.1, -0.05) is 12.1 Å². The van der Waals surface area contributed by atoms with E-state index in [2.05, 4.69) is 15.5 Å². The summed E-state index contributed by atoms with van der Waals surface area (Å²) in [7, 11) is 1.64. The fourth-order valence-electron chi connectivity index (χ4n) is 2.02. The van der Waals surface area contributed by atoms with Gasteiger partial charge in [0.15, 0.2) is 5.82 Å². The zero-order valence-corrected chi connectivity index (χ0v) is 10.4. The lowest BCUT2D eigenvalue weighted by atomic mass is 10.1. The number of ether oxygens (including phenoxy) is 1. The zero-order chi connectivity index (χ0) is 13.2. The van der Waals surface area contributed by atoms with Gasteiger partial charge in [-0.3, -0.25) is 0 Å². The van der Waals surface area contributed by atoms with Crippen LogP contribution in [0, 0.1) is 0 Å². The lowest BCUT2D eigenvalue weighted by molar-refractivity contribution is 0.416. The maximum absolute atomic E-state index is 5.44. The Hall–Kier alpha value is -2.60. The Morgan fingerprint density at radius 1 is 1.32 bits per heavy atom. The standard InChI is InChI=1S/C13H13N5O/c1-19-12-5-3-2-4-9(12)10-8-11-13(16-14)15-6-7-18(11)17-10/h2-8H,14H2,1H3,(H,15,16). The van der Waals surface area contributed by atoms with Crippen LogP contribution >= 0.6 is 0 Å². The quantitative estimate of drug-likeness (QED) is 0.550. The van der Waals surface area contributed by atoms with E-state index >= 15 is 0 Å². The van der Waals surface area contributed by atoms with Crippen LogP contribution < -0.4 is 16.0 Å². The molecule has 96 valence electrons. The number of fused-ring (bicyclic) bond motifs is 1. The second kappa shape index (κ2) is 4.58. The molecular formula is C13H13N5O. The first kappa shape index (κ1) is 11.5. The Kier molecular flexibility index (Phi) is 2.77. The number of rotatable bonds is 3. The van der Waals surface area contributed by atoms with Crippen LogP contribution in [0.15, 0.2) is 42.7 Å². The van der Waals surface area contributed by atoms with Gasteiger partial charge in [-0.05, 0) is 18.2 Å². The summed E-state index contributed by atoms with van der Waals surface area (Å²) < 4.78 is 7.07. The number of hydrazine groups is 1. The third kappa shape index (κ3) is 1.88. The van der Waals surface area contributed by atoms with E-state index in [1.54, 1.807) is 24.0 Å². The predicted molar refractivity (Wildman–Crippen MR) is 72.8 cm³/mol. The molecule has 0 aliphatic carbocycles. The molecule has 6 heteroatoms. The number of nitrogen functional groups attached to an aromatic ring is 1. The number of anilines is 1. The van der Waals surface area contributed by atoms with E-state index in [0.717, 1.165) is 22.5 Å². The summed E-state index contributed by atoms with van der Waals surface area (Å²) in [6.45, 7) is 0. The Balaban J connectivity index is 2.21. The first-order valence-electron chi connectivity index (χ1n) is 5.78. The van der Waals surface area contributed by atoms with E-state index in [9.17, 15) is 0 Å². The minimum absolute atomic E-state index is 0.580. The molecular weight excluding hydrogens is 242 g/mol. The maximum Gasteiger partial charge on any atom is 0.166 e. The normalized spacial score (nSPS) is 10.6.